The zero-order valence-electron chi connectivity index (χ0n) is 13.4. The fraction of sp³-hybridized carbons (Fsp3) is 0.500. The number of benzene rings is 1. The second-order valence-corrected chi connectivity index (χ2v) is 7.46. The van der Waals surface area contributed by atoms with E-state index in [0.29, 0.717) is 0 Å². The second-order valence-electron chi connectivity index (χ2n) is 6.03. The van der Waals surface area contributed by atoms with Gasteiger partial charge in [-0.3, -0.25) is 4.31 Å². The van der Waals surface area contributed by atoms with Crippen LogP contribution in [0.2, 0.25) is 0 Å². The van der Waals surface area contributed by atoms with Crippen LogP contribution in [0.4, 0.5) is 8.78 Å². The van der Waals surface area contributed by atoms with Crippen molar-refractivity contribution >= 4 is 11.9 Å². The zero-order chi connectivity index (χ0) is 17.2. The standard InChI is InChI=1S/C16H20F2N4OS/c1-12(24-22-6-2-3-7-22)16(23,9-21-11-19-10-20-21)14-5-4-13(17)8-15(14)18/h4-5,8,10-12,23H,2-3,6-7,9H2,1H3/t12-,16-/m1/s1. The van der Waals surface area contributed by atoms with E-state index in [1.165, 1.54) is 35.4 Å². The Morgan fingerprint density at radius 3 is 2.71 bits per heavy atom. The van der Waals surface area contributed by atoms with Gasteiger partial charge in [-0.1, -0.05) is 18.0 Å². The van der Waals surface area contributed by atoms with E-state index < -0.39 is 17.2 Å². The van der Waals surface area contributed by atoms with Crippen LogP contribution in [0, 0.1) is 11.6 Å². The molecule has 1 N–H and O–H groups in total. The van der Waals surface area contributed by atoms with Crippen molar-refractivity contribution in [2.75, 3.05) is 13.1 Å². The predicted octanol–water partition coefficient (Wildman–Crippen LogP) is 2.58. The third-order valence-corrected chi connectivity index (χ3v) is 5.68. The smallest absolute Gasteiger partial charge is 0.137 e. The molecule has 1 fully saturated rings. The van der Waals surface area contributed by atoms with Gasteiger partial charge < -0.3 is 5.11 Å². The molecule has 8 heteroatoms. The van der Waals surface area contributed by atoms with Gasteiger partial charge in [-0.05, 0) is 25.8 Å². The molecule has 1 aliphatic heterocycles. The summed E-state index contributed by atoms with van der Waals surface area (Å²) in [5.41, 5.74) is -1.47. The molecule has 5 nitrogen and oxygen atoms in total. The van der Waals surface area contributed by atoms with E-state index in [1.54, 1.807) is 0 Å². The van der Waals surface area contributed by atoms with Gasteiger partial charge in [0.1, 0.15) is 29.9 Å². The topological polar surface area (TPSA) is 54.2 Å². The maximum absolute atomic E-state index is 14.4. The van der Waals surface area contributed by atoms with Crippen LogP contribution in [0.3, 0.4) is 0 Å². The normalized spacial score (nSPS) is 19.3. The molecule has 2 aromatic rings. The molecule has 0 amide bonds. The summed E-state index contributed by atoms with van der Waals surface area (Å²) in [4.78, 5) is 3.87. The minimum absolute atomic E-state index is 0.0392. The van der Waals surface area contributed by atoms with Gasteiger partial charge in [-0.25, -0.2) is 18.4 Å². The highest BCUT2D eigenvalue weighted by Crippen LogP contribution is 2.38. The average Bonchev–Trinajstić information content (AvgIpc) is 3.20. The molecule has 130 valence electrons. The van der Waals surface area contributed by atoms with Crippen molar-refractivity contribution in [1.29, 1.82) is 0 Å². The Hall–Kier alpha value is -1.51. The van der Waals surface area contributed by atoms with E-state index in [2.05, 4.69) is 14.4 Å². The molecule has 0 unspecified atom stereocenters. The molecule has 0 saturated carbocycles. The van der Waals surface area contributed by atoms with Gasteiger partial charge >= 0.3 is 0 Å². The summed E-state index contributed by atoms with van der Waals surface area (Å²) in [6.07, 6.45) is 5.07. The zero-order valence-corrected chi connectivity index (χ0v) is 14.2. The maximum Gasteiger partial charge on any atom is 0.137 e. The molecular weight excluding hydrogens is 334 g/mol. The molecule has 1 aromatic carbocycles. The first kappa shape index (κ1) is 17.3. The minimum atomic E-state index is -1.54. The Morgan fingerprint density at radius 1 is 1.33 bits per heavy atom. The number of rotatable bonds is 6. The summed E-state index contributed by atoms with van der Waals surface area (Å²) in [6, 6.07) is 3.27. The summed E-state index contributed by atoms with van der Waals surface area (Å²) in [7, 11) is 0. The Labute approximate surface area is 143 Å². The molecule has 2 atom stereocenters. The number of nitrogens with zero attached hydrogens (tertiary/aromatic N) is 4. The van der Waals surface area contributed by atoms with Crippen LogP contribution in [0.25, 0.3) is 0 Å². The predicted molar refractivity (Wildman–Crippen MR) is 88.1 cm³/mol. The van der Waals surface area contributed by atoms with Crippen molar-refractivity contribution in [3.8, 4) is 0 Å². The first-order chi connectivity index (χ1) is 11.5. The van der Waals surface area contributed by atoms with Crippen LogP contribution in [-0.4, -0.2) is 42.5 Å². The largest absolute Gasteiger partial charge is 0.382 e. The Kier molecular flexibility index (Phi) is 5.17. The van der Waals surface area contributed by atoms with Crippen LogP contribution in [0.15, 0.2) is 30.9 Å². The van der Waals surface area contributed by atoms with Crippen molar-refractivity contribution in [1.82, 2.24) is 19.1 Å². The molecular formula is C16H20F2N4OS. The lowest BCUT2D eigenvalue weighted by Gasteiger charge is -2.36. The van der Waals surface area contributed by atoms with Crippen LogP contribution in [0.1, 0.15) is 25.3 Å². The van der Waals surface area contributed by atoms with Crippen LogP contribution < -0.4 is 0 Å². The van der Waals surface area contributed by atoms with Crippen LogP contribution >= 0.6 is 11.9 Å². The van der Waals surface area contributed by atoms with Gasteiger partial charge in [-0.15, -0.1) is 0 Å². The van der Waals surface area contributed by atoms with Gasteiger partial charge in [0, 0.05) is 24.7 Å². The average molecular weight is 354 g/mol. The molecule has 24 heavy (non-hydrogen) atoms. The first-order valence-corrected chi connectivity index (χ1v) is 8.75. The Bertz CT molecular complexity index is 679. The Morgan fingerprint density at radius 2 is 2.08 bits per heavy atom. The maximum atomic E-state index is 14.4. The number of hydrogen-bond acceptors (Lipinski definition) is 5. The lowest BCUT2D eigenvalue weighted by atomic mass is 9.90. The lowest BCUT2D eigenvalue weighted by Crippen LogP contribution is -2.42. The van der Waals surface area contributed by atoms with E-state index in [1.807, 2.05) is 6.92 Å². The molecule has 1 saturated heterocycles. The summed E-state index contributed by atoms with van der Waals surface area (Å²) in [6.45, 7) is 3.78. The summed E-state index contributed by atoms with van der Waals surface area (Å²) in [5.74, 6) is -1.43. The fourth-order valence-electron chi connectivity index (χ4n) is 2.94. The SMILES string of the molecule is C[C@@H](SN1CCCC1)[C@](O)(Cn1cncn1)c1ccc(F)cc1F. The number of hydrogen-bond donors (Lipinski definition) is 1. The van der Waals surface area contributed by atoms with E-state index in [9.17, 15) is 13.9 Å². The minimum Gasteiger partial charge on any atom is -0.382 e. The van der Waals surface area contributed by atoms with Gasteiger partial charge in [-0.2, -0.15) is 5.10 Å². The lowest BCUT2D eigenvalue weighted by molar-refractivity contribution is 0.0126. The van der Waals surface area contributed by atoms with Gasteiger partial charge in [0.2, 0.25) is 0 Å². The fourth-order valence-corrected chi connectivity index (χ4v) is 4.23. The van der Waals surface area contributed by atoms with Gasteiger partial charge in [0.15, 0.2) is 0 Å². The van der Waals surface area contributed by atoms with Crippen molar-refractivity contribution in [3.05, 3.63) is 48.1 Å². The third kappa shape index (κ3) is 3.60. The Balaban J connectivity index is 1.92. The summed E-state index contributed by atoms with van der Waals surface area (Å²) < 4.78 is 31.3. The molecule has 0 aliphatic carbocycles. The molecule has 0 radical (unpaired) electrons. The second kappa shape index (κ2) is 7.16. The molecule has 3 rings (SSSR count). The van der Waals surface area contributed by atoms with E-state index in [4.69, 9.17) is 0 Å². The van der Waals surface area contributed by atoms with Gasteiger partial charge in [0.05, 0.1) is 11.8 Å². The van der Waals surface area contributed by atoms with Crippen LogP contribution in [-0.2, 0) is 12.1 Å². The van der Waals surface area contributed by atoms with E-state index in [0.717, 1.165) is 38.1 Å². The number of halogens is 2. The highest BCUT2D eigenvalue weighted by molar-refractivity contribution is 7.97. The van der Waals surface area contributed by atoms with E-state index in [-0.39, 0.29) is 17.4 Å². The number of aromatic nitrogens is 3. The van der Waals surface area contributed by atoms with Crippen molar-refractivity contribution in [3.63, 3.8) is 0 Å². The summed E-state index contributed by atoms with van der Waals surface area (Å²) >= 11 is 1.51. The van der Waals surface area contributed by atoms with E-state index >= 15 is 0 Å². The first-order valence-electron chi connectivity index (χ1n) is 7.91. The molecule has 0 spiro atoms. The molecule has 2 heterocycles. The van der Waals surface area contributed by atoms with Gasteiger partial charge in [0.25, 0.3) is 0 Å². The van der Waals surface area contributed by atoms with Crippen molar-refractivity contribution in [2.45, 2.75) is 37.2 Å². The molecule has 0 bridgehead atoms. The van der Waals surface area contributed by atoms with Crippen molar-refractivity contribution in [2.24, 2.45) is 0 Å². The van der Waals surface area contributed by atoms with Crippen LogP contribution in [0.5, 0.6) is 0 Å². The molecule has 1 aromatic heterocycles. The van der Waals surface area contributed by atoms with Crippen molar-refractivity contribution < 1.29 is 13.9 Å². The highest BCUT2D eigenvalue weighted by Gasteiger charge is 2.40. The molecule has 1 aliphatic rings. The summed E-state index contributed by atoms with van der Waals surface area (Å²) in [5, 5.41) is 15.0. The quantitative estimate of drug-likeness (QED) is 0.808. The third-order valence-electron chi connectivity index (χ3n) is 4.31. The monoisotopic (exact) mass is 354 g/mol. The highest BCUT2D eigenvalue weighted by atomic mass is 32.2. The number of aliphatic hydroxyl groups is 1.